The van der Waals surface area contributed by atoms with Crippen molar-refractivity contribution >= 4 is 5.91 Å². The highest BCUT2D eigenvalue weighted by Crippen LogP contribution is 2.10. The molecule has 1 amide bonds. The Morgan fingerprint density at radius 2 is 1.90 bits per heavy atom. The van der Waals surface area contributed by atoms with Crippen LogP contribution in [0.2, 0.25) is 0 Å². The Morgan fingerprint density at radius 1 is 1.19 bits per heavy atom. The summed E-state index contributed by atoms with van der Waals surface area (Å²) in [6.45, 7) is 2.86. The zero-order valence-corrected chi connectivity index (χ0v) is 12.7. The molecule has 1 aromatic carbocycles. The summed E-state index contributed by atoms with van der Waals surface area (Å²) in [5.41, 5.74) is 10.1. The van der Waals surface area contributed by atoms with Gasteiger partial charge in [0.05, 0.1) is 0 Å². The molecule has 0 spiro atoms. The lowest BCUT2D eigenvalue weighted by Gasteiger charge is -2.05. The molecule has 1 rings (SSSR count). The van der Waals surface area contributed by atoms with Gasteiger partial charge in [0, 0.05) is 23.6 Å². The van der Waals surface area contributed by atoms with Crippen LogP contribution in [0.5, 0.6) is 0 Å². The van der Waals surface area contributed by atoms with Crippen molar-refractivity contribution in [3.05, 3.63) is 45.8 Å². The quantitative estimate of drug-likeness (QED) is 0.297. The highest BCUT2D eigenvalue weighted by atomic mass is 16.1. The van der Waals surface area contributed by atoms with Crippen LogP contribution in [0.1, 0.15) is 54.9 Å². The van der Waals surface area contributed by atoms with E-state index < -0.39 is 0 Å². The number of hydrogen-bond acceptors (Lipinski definition) is 2. The molecule has 1 N–H and O–H groups in total. The molecule has 5 heteroatoms. The first-order valence-electron chi connectivity index (χ1n) is 7.66. The first-order chi connectivity index (χ1) is 10.3. The highest BCUT2D eigenvalue weighted by Gasteiger charge is 2.04. The van der Waals surface area contributed by atoms with Gasteiger partial charge in [0.25, 0.3) is 5.91 Å². The molecule has 0 atom stereocenters. The van der Waals surface area contributed by atoms with Crippen LogP contribution < -0.4 is 5.32 Å². The number of rotatable bonds is 10. The molecule has 114 valence electrons. The van der Waals surface area contributed by atoms with Gasteiger partial charge in [-0.2, -0.15) is 0 Å². The number of carbonyl (C=O) groups excluding carboxylic acids is 1. The van der Waals surface area contributed by atoms with E-state index in [-0.39, 0.29) is 12.5 Å². The summed E-state index contributed by atoms with van der Waals surface area (Å²) in [4.78, 5) is 14.4. The van der Waals surface area contributed by atoms with Gasteiger partial charge in [-0.1, -0.05) is 49.9 Å². The van der Waals surface area contributed by atoms with Gasteiger partial charge >= 0.3 is 0 Å². The molecule has 5 nitrogen and oxygen atoms in total. The van der Waals surface area contributed by atoms with Crippen molar-refractivity contribution in [2.24, 2.45) is 5.11 Å². The van der Waals surface area contributed by atoms with Crippen molar-refractivity contribution in [2.45, 2.75) is 45.4 Å². The Balaban J connectivity index is 2.32. The third-order valence-electron chi connectivity index (χ3n) is 3.35. The van der Waals surface area contributed by atoms with Crippen molar-refractivity contribution in [3.63, 3.8) is 0 Å². The number of azide groups is 1. The summed E-state index contributed by atoms with van der Waals surface area (Å²) in [6, 6.07) is 7.73. The lowest BCUT2D eigenvalue weighted by molar-refractivity contribution is 0.0955. The Hall–Kier alpha value is -2.00. The van der Waals surface area contributed by atoms with Gasteiger partial charge in [0.1, 0.15) is 0 Å². The van der Waals surface area contributed by atoms with E-state index in [0.717, 1.165) is 6.42 Å². The fraction of sp³-hybridized carbons (Fsp3) is 0.562. The molecule has 0 saturated heterocycles. The van der Waals surface area contributed by atoms with E-state index in [1.807, 2.05) is 24.3 Å². The van der Waals surface area contributed by atoms with Crippen molar-refractivity contribution in [1.82, 2.24) is 5.32 Å². The van der Waals surface area contributed by atoms with E-state index in [2.05, 4.69) is 22.3 Å². The van der Waals surface area contributed by atoms with Crippen molar-refractivity contribution in [2.75, 3.05) is 13.1 Å². The minimum atomic E-state index is -0.127. The molecular weight excluding hydrogens is 264 g/mol. The lowest BCUT2D eigenvalue weighted by Crippen LogP contribution is -2.25. The number of carbonyl (C=O) groups is 1. The highest BCUT2D eigenvalue weighted by molar-refractivity contribution is 5.94. The van der Waals surface area contributed by atoms with E-state index in [1.54, 1.807) is 0 Å². The molecule has 0 fully saturated rings. The first kappa shape index (κ1) is 17.1. The van der Waals surface area contributed by atoms with Crippen molar-refractivity contribution in [1.29, 1.82) is 0 Å². The van der Waals surface area contributed by atoms with Gasteiger partial charge in [-0.05, 0) is 36.1 Å². The van der Waals surface area contributed by atoms with Crippen LogP contribution in [-0.4, -0.2) is 19.0 Å². The Kier molecular flexibility index (Phi) is 8.73. The Morgan fingerprint density at radius 3 is 2.57 bits per heavy atom. The minimum Gasteiger partial charge on any atom is -0.352 e. The third-order valence-corrected chi connectivity index (χ3v) is 3.35. The molecule has 0 radical (unpaired) electrons. The summed E-state index contributed by atoms with van der Waals surface area (Å²) in [7, 11) is 0. The standard InChI is InChI=1S/C16H24N4O/c1-2-3-4-5-6-7-14-8-10-15(11-9-14)16(21)18-12-13-19-20-17/h8-11H,2-7,12-13H2,1H3,(H,18,21). The Bertz CT molecular complexity index is 464. The van der Waals surface area contributed by atoms with Gasteiger partial charge in [-0.25, -0.2) is 0 Å². The number of amides is 1. The summed E-state index contributed by atoms with van der Waals surface area (Å²) in [6.07, 6.45) is 7.44. The average molecular weight is 288 g/mol. The van der Waals surface area contributed by atoms with Crippen LogP contribution in [-0.2, 0) is 6.42 Å². The summed E-state index contributed by atoms with van der Waals surface area (Å²) < 4.78 is 0. The fourth-order valence-electron chi connectivity index (χ4n) is 2.12. The number of hydrogen-bond donors (Lipinski definition) is 1. The largest absolute Gasteiger partial charge is 0.352 e. The topological polar surface area (TPSA) is 77.9 Å². The van der Waals surface area contributed by atoms with Gasteiger partial charge in [-0.15, -0.1) is 0 Å². The second-order valence-corrected chi connectivity index (χ2v) is 5.07. The van der Waals surface area contributed by atoms with E-state index in [0.29, 0.717) is 12.1 Å². The zero-order chi connectivity index (χ0) is 15.3. The number of nitrogens with zero attached hydrogens (tertiary/aromatic N) is 3. The molecule has 0 unspecified atom stereocenters. The SMILES string of the molecule is CCCCCCCc1ccc(C(=O)NCCN=[N+]=[N-])cc1. The van der Waals surface area contributed by atoms with Crippen molar-refractivity contribution in [3.8, 4) is 0 Å². The van der Waals surface area contributed by atoms with E-state index in [4.69, 9.17) is 5.53 Å². The molecule has 0 aliphatic rings. The second kappa shape index (κ2) is 10.7. The summed E-state index contributed by atoms with van der Waals surface area (Å²) in [5, 5.41) is 6.09. The molecular formula is C16H24N4O. The van der Waals surface area contributed by atoms with Crippen molar-refractivity contribution < 1.29 is 4.79 Å². The summed E-state index contributed by atoms with van der Waals surface area (Å²) >= 11 is 0. The normalized spacial score (nSPS) is 9.95. The molecule has 0 aliphatic heterocycles. The number of unbranched alkanes of at least 4 members (excludes halogenated alkanes) is 4. The molecule has 0 saturated carbocycles. The van der Waals surface area contributed by atoms with Gasteiger partial charge in [0.15, 0.2) is 0 Å². The fourth-order valence-corrected chi connectivity index (χ4v) is 2.12. The van der Waals surface area contributed by atoms with Crippen LogP contribution >= 0.6 is 0 Å². The predicted molar refractivity (Wildman–Crippen MR) is 85.3 cm³/mol. The first-order valence-corrected chi connectivity index (χ1v) is 7.66. The van der Waals surface area contributed by atoms with Crippen LogP contribution in [0.15, 0.2) is 29.4 Å². The third kappa shape index (κ3) is 7.37. The zero-order valence-electron chi connectivity index (χ0n) is 12.7. The van der Waals surface area contributed by atoms with Crippen LogP contribution in [0.3, 0.4) is 0 Å². The number of aryl methyl sites for hydroxylation is 1. The lowest BCUT2D eigenvalue weighted by atomic mass is 10.0. The maximum atomic E-state index is 11.8. The number of benzene rings is 1. The van der Waals surface area contributed by atoms with Crippen LogP contribution in [0, 0.1) is 0 Å². The molecule has 0 bridgehead atoms. The van der Waals surface area contributed by atoms with E-state index >= 15 is 0 Å². The summed E-state index contributed by atoms with van der Waals surface area (Å²) in [5.74, 6) is -0.127. The molecule has 1 aromatic rings. The molecule has 0 heterocycles. The van der Waals surface area contributed by atoms with Gasteiger partial charge in [-0.3, -0.25) is 4.79 Å². The van der Waals surface area contributed by atoms with Gasteiger partial charge < -0.3 is 5.32 Å². The van der Waals surface area contributed by atoms with Crippen LogP contribution in [0.25, 0.3) is 10.4 Å². The van der Waals surface area contributed by atoms with Crippen LogP contribution in [0.4, 0.5) is 0 Å². The van der Waals surface area contributed by atoms with E-state index in [1.165, 1.54) is 37.7 Å². The maximum Gasteiger partial charge on any atom is 0.251 e. The molecule has 0 aromatic heterocycles. The second-order valence-electron chi connectivity index (χ2n) is 5.07. The van der Waals surface area contributed by atoms with Gasteiger partial charge in [0.2, 0.25) is 0 Å². The molecule has 0 aliphatic carbocycles. The van der Waals surface area contributed by atoms with E-state index in [9.17, 15) is 4.79 Å². The predicted octanol–water partition coefficient (Wildman–Crippen LogP) is 4.24. The maximum absolute atomic E-state index is 11.8. The smallest absolute Gasteiger partial charge is 0.251 e. The number of nitrogens with one attached hydrogen (secondary N) is 1. The average Bonchev–Trinajstić information content (AvgIpc) is 2.52. The Labute approximate surface area is 126 Å². The molecule has 21 heavy (non-hydrogen) atoms. The monoisotopic (exact) mass is 288 g/mol. The minimum absolute atomic E-state index is 0.127.